The van der Waals surface area contributed by atoms with E-state index in [-0.39, 0.29) is 5.78 Å². The van der Waals surface area contributed by atoms with E-state index >= 15 is 0 Å². The van der Waals surface area contributed by atoms with Gasteiger partial charge < -0.3 is 15.7 Å². The fourth-order valence-corrected chi connectivity index (χ4v) is 4.31. The highest BCUT2D eigenvalue weighted by molar-refractivity contribution is 5.94. The molecule has 6 heteroatoms. The van der Waals surface area contributed by atoms with E-state index in [1.54, 1.807) is 6.92 Å². The largest absolute Gasteiger partial charge is 0.480 e. The monoisotopic (exact) mass is 457 g/mol. The van der Waals surface area contributed by atoms with Crippen LogP contribution in [0.3, 0.4) is 0 Å². The van der Waals surface area contributed by atoms with Gasteiger partial charge in [-0.2, -0.15) is 0 Å². The Labute approximate surface area is 200 Å². The molecule has 3 N–H and O–H groups in total. The molecule has 1 aliphatic rings. The van der Waals surface area contributed by atoms with Gasteiger partial charge in [0.1, 0.15) is 6.04 Å². The molecule has 1 atom stereocenters. The highest BCUT2D eigenvalue weighted by atomic mass is 16.4. The molecule has 0 aromatic heterocycles. The van der Waals surface area contributed by atoms with Crippen LogP contribution in [0.4, 0.5) is 5.69 Å². The average molecular weight is 458 g/mol. The lowest BCUT2D eigenvalue weighted by molar-refractivity contribution is -0.138. The van der Waals surface area contributed by atoms with Crippen LogP contribution >= 0.6 is 0 Å². The van der Waals surface area contributed by atoms with Crippen LogP contribution in [0.2, 0.25) is 0 Å². The van der Waals surface area contributed by atoms with Crippen molar-refractivity contribution in [1.82, 2.24) is 4.90 Å². The number of nitrogens with two attached hydrogens (primary N) is 1. The smallest absolute Gasteiger partial charge is 0.320 e. The molecular formula is C28H31N3O3. The van der Waals surface area contributed by atoms with Gasteiger partial charge in [0.2, 0.25) is 0 Å². The quantitative estimate of drug-likeness (QED) is 0.500. The van der Waals surface area contributed by atoms with Crippen molar-refractivity contribution in [3.63, 3.8) is 0 Å². The number of ketones is 1. The molecule has 1 unspecified atom stereocenters. The Balaban J connectivity index is 1.29. The van der Waals surface area contributed by atoms with E-state index in [2.05, 4.69) is 34.1 Å². The summed E-state index contributed by atoms with van der Waals surface area (Å²) in [7, 11) is 0. The van der Waals surface area contributed by atoms with Gasteiger partial charge in [0.05, 0.1) is 0 Å². The summed E-state index contributed by atoms with van der Waals surface area (Å²) in [5.41, 5.74) is 12.0. The Morgan fingerprint density at radius 2 is 1.35 bits per heavy atom. The molecule has 0 bridgehead atoms. The Hall–Kier alpha value is -3.48. The van der Waals surface area contributed by atoms with Crippen LogP contribution < -0.4 is 10.6 Å². The number of nitrogens with zero attached hydrogens (tertiary/aromatic N) is 2. The number of piperazine rings is 1. The van der Waals surface area contributed by atoms with E-state index in [0.29, 0.717) is 6.42 Å². The van der Waals surface area contributed by atoms with Gasteiger partial charge in [0.25, 0.3) is 0 Å². The molecule has 0 amide bonds. The van der Waals surface area contributed by atoms with Crippen LogP contribution in [-0.4, -0.2) is 54.0 Å². The number of carbonyl (C=O) groups excluding carboxylic acids is 1. The molecule has 176 valence electrons. The SMILES string of the molecule is CC(=O)c1ccc(N2CCN(Cc3ccc(-c4ccc(CC(N)C(=O)O)cc4)cc3)CC2)cc1. The van der Waals surface area contributed by atoms with E-state index in [1.165, 1.54) is 11.3 Å². The van der Waals surface area contributed by atoms with Crippen molar-refractivity contribution in [3.8, 4) is 11.1 Å². The standard InChI is InChI=1S/C28H31N3O3/c1-20(32)23-10-12-26(13-11-23)31-16-14-30(15-17-31)19-22-4-8-25(9-5-22)24-6-2-21(3-7-24)18-27(29)28(33)34/h2-13,27H,14-19,29H2,1H3,(H,33,34). The number of Topliss-reactive ketones (excluding diaryl/α,β-unsaturated/α-hetero) is 1. The molecule has 34 heavy (non-hydrogen) atoms. The maximum Gasteiger partial charge on any atom is 0.320 e. The van der Waals surface area contributed by atoms with Gasteiger partial charge in [0.15, 0.2) is 5.78 Å². The van der Waals surface area contributed by atoms with Crippen molar-refractivity contribution in [2.75, 3.05) is 31.1 Å². The molecule has 1 heterocycles. The third kappa shape index (κ3) is 5.90. The minimum atomic E-state index is -0.982. The third-order valence-electron chi connectivity index (χ3n) is 6.43. The van der Waals surface area contributed by atoms with Crippen LogP contribution in [0.25, 0.3) is 11.1 Å². The zero-order valence-electron chi connectivity index (χ0n) is 19.5. The maximum atomic E-state index is 11.5. The highest BCUT2D eigenvalue weighted by Crippen LogP contribution is 2.22. The summed E-state index contributed by atoms with van der Waals surface area (Å²) in [6.45, 7) is 6.44. The molecule has 4 rings (SSSR count). The summed E-state index contributed by atoms with van der Waals surface area (Å²) in [5, 5.41) is 8.97. The zero-order valence-corrected chi connectivity index (χ0v) is 19.5. The van der Waals surface area contributed by atoms with Crippen LogP contribution in [-0.2, 0) is 17.8 Å². The molecule has 6 nitrogen and oxygen atoms in total. The molecule has 0 spiro atoms. The topological polar surface area (TPSA) is 86.9 Å². The number of benzene rings is 3. The number of carboxylic acid groups (broad SMARTS) is 1. The lowest BCUT2D eigenvalue weighted by Gasteiger charge is -2.36. The summed E-state index contributed by atoms with van der Waals surface area (Å²) >= 11 is 0. The second-order valence-electron chi connectivity index (χ2n) is 8.91. The molecule has 3 aromatic carbocycles. The van der Waals surface area contributed by atoms with Crippen LogP contribution in [0.1, 0.15) is 28.4 Å². The van der Waals surface area contributed by atoms with E-state index in [1.807, 2.05) is 48.5 Å². The summed E-state index contributed by atoms with van der Waals surface area (Å²) in [4.78, 5) is 27.3. The van der Waals surface area contributed by atoms with E-state index in [4.69, 9.17) is 10.8 Å². The maximum absolute atomic E-state index is 11.5. The minimum absolute atomic E-state index is 0.0971. The minimum Gasteiger partial charge on any atom is -0.480 e. The van der Waals surface area contributed by atoms with E-state index in [0.717, 1.165) is 55.0 Å². The Bertz CT molecular complexity index is 1120. The predicted molar refractivity (Wildman–Crippen MR) is 135 cm³/mol. The van der Waals surface area contributed by atoms with Crippen LogP contribution in [0.15, 0.2) is 72.8 Å². The van der Waals surface area contributed by atoms with Gasteiger partial charge in [-0.15, -0.1) is 0 Å². The Morgan fingerprint density at radius 1 is 0.824 bits per heavy atom. The molecule has 0 saturated carbocycles. The molecule has 1 aliphatic heterocycles. The Kier molecular flexibility index (Phi) is 7.40. The third-order valence-corrected chi connectivity index (χ3v) is 6.43. The number of rotatable bonds is 8. The first-order chi connectivity index (χ1) is 16.4. The van der Waals surface area contributed by atoms with Gasteiger partial charge in [-0.1, -0.05) is 48.5 Å². The van der Waals surface area contributed by atoms with Gasteiger partial charge >= 0.3 is 5.97 Å². The second kappa shape index (κ2) is 10.6. The van der Waals surface area contributed by atoms with Crippen molar-refractivity contribution < 1.29 is 14.7 Å². The van der Waals surface area contributed by atoms with Gasteiger partial charge in [-0.25, -0.2) is 0 Å². The molecule has 3 aromatic rings. The van der Waals surface area contributed by atoms with E-state index in [9.17, 15) is 9.59 Å². The summed E-state index contributed by atoms with van der Waals surface area (Å²) in [5.74, 6) is -0.885. The summed E-state index contributed by atoms with van der Waals surface area (Å²) < 4.78 is 0. The fourth-order valence-electron chi connectivity index (χ4n) is 4.31. The van der Waals surface area contributed by atoms with Crippen molar-refractivity contribution in [2.45, 2.75) is 25.9 Å². The predicted octanol–water partition coefficient (Wildman–Crippen LogP) is 3.83. The van der Waals surface area contributed by atoms with Gasteiger partial charge in [-0.05, 0) is 59.9 Å². The summed E-state index contributed by atoms with van der Waals surface area (Å²) in [6.07, 6.45) is 0.325. The van der Waals surface area contributed by atoms with Gasteiger partial charge in [-0.3, -0.25) is 14.5 Å². The lowest BCUT2D eigenvalue weighted by Crippen LogP contribution is -2.45. The highest BCUT2D eigenvalue weighted by Gasteiger charge is 2.18. The van der Waals surface area contributed by atoms with E-state index < -0.39 is 12.0 Å². The van der Waals surface area contributed by atoms with Crippen LogP contribution in [0, 0.1) is 0 Å². The number of hydrogen-bond donors (Lipinski definition) is 2. The lowest BCUT2D eigenvalue weighted by atomic mass is 10.00. The number of carbonyl (C=O) groups is 2. The summed E-state index contributed by atoms with van der Waals surface area (Å²) in [6, 6.07) is 23.6. The molecule has 1 fully saturated rings. The molecular weight excluding hydrogens is 426 g/mol. The fraction of sp³-hybridized carbons (Fsp3) is 0.286. The number of hydrogen-bond acceptors (Lipinski definition) is 5. The first kappa shape index (κ1) is 23.7. The Morgan fingerprint density at radius 3 is 1.85 bits per heavy atom. The van der Waals surface area contributed by atoms with Crippen molar-refractivity contribution in [1.29, 1.82) is 0 Å². The number of carboxylic acids is 1. The number of anilines is 1. The normalized spacial score (nSPS) is 15.2. The van der Waals surface area contributed by atoms with Crippen molar-refractivity contribution in [2.24, 2.45) is 5.73 Å². The molecule has 0 radical (unpaired) electrons. The van der Waals surface area contributed by atoms with Crippen molar-refractivity contribution in [3.05, 3.63) is 89.5 Å². The first-order valence-electron chi connectivity index (χ1n) is 11.6. The number of aliphatic carboxylic acids is 1. The molecule has 0 aliphatic carbocycles. The van der Waals surface area contributed by atoms with Crippen LogP contribution in [0.5, 0.6) is 0 Å². The first-order valence-corrected chi connectivity index (χ1v) is 11.6. The van der Waals surface area contributed by atoms with Crippen molar-refractivity contribution >= 4 is 17.4 Å². The zero-order chi connectivity index (χ0) is 24.1. The average Bonchev–Trinajstić information content (AvgIpc) is 2.85. The second-order valence-corrected chi connectivity index (χ2v) is 8.91. The van der Waals surface area contributed by atoms with Gasteiger partial charge in [0, 0.05) is 44.0 Å². The molecule has 1 saturated heterocycles.